The molecule has 0 fully saturated rings. The van der Waals surface area contributed by atoms with Crippen molar-refractivity contribution in [1.82, 2.24) is 0 Å². The van der Waals surface area contributed by atoms with E-state index in [-0.39, 0.29) is 25.7 Å². The predicted molar refractivity (Wildman–Crippen MR) is 417 cm³/mol. The largest absolute Gasteiger partial charge is 0.472 e. The first-order chi connectivity index (χ1) is 49.7. The number of carbonyl (C=O) groups excluding carboxylic acids is 4. The van der Waals surface area contributed by atoms with E-state index >= 15 is 0 Å². The van der Waals surface area contributed by atoms with Crippen LogP contribution in [-0.2, 0) is 65.4 Å². The summed E-state index contributed by atoms with van der Waals surface area (Å²) in [6.45, 7) is 4.41. The van der Waals surface area contributed by atoms with Crippen molar-refractivity contribution in [2.75, 3.05) is 39.6 Å². The molecular formula is C83H138O17P2. The number of carbonyl (C=O) groups is 4. The highest BCUT2D eigenvalue weighted by molar-refractivity contribution is 7.47. The predicted octanol–water partition coefficient (Wildman–Crippen LogP) is 22.7. The number of aliphatic hydroxyl groups excluding tert-OH is 1. The fraction of sp³-hybridized carbons (Fsp3) is 0.663. The maximum absolute atomic E-state index is 13.1. The van der Waals surface area contributed by atoms with E-state index in [9.17, 15) is 43.2 Å². The zero-order chi connectivity index (χ0) is 74.6. The van der Waals surface area contributed by atoms with Gasteiger partial charge in [0.15, 0.2) is 12.2 Å². The summed E-state index contributed by atoms with van der Waals surface area (Å²) in [6, 6.07) is 0. The molecule has 0 aromatic carbocycles. The first-order valence-corrected chi connectivity index (χ1v) is 42.1. The lowest BCUT2D eigenvalue weighted by molar-refractivity contribution is -0.161. The van der Waals surface area contributed by atoms with Crippen LogP contribution in [0.4, 0.5) is 0 Å². The van der Waals surface area contributed by atoms with Crippen LogP contribution in [0.1, 0.15) is 297 Å². The summed E-state index contributed by atoms with van der Waals surface area (Å²) >= 11 is 0. The minimum atomic E-state index is -5.00. The van der Waals surface area contributed by atoms with Crippen molar-refractivity contribution >= 4 is 39.5 Å². The van der Waals surface area contributed by atoms with Gasteiger partial charge in [0, 0.05) is 25.7 Å². The van der Waals surface area contributed by atoms with E-state index in [0.717, 1.165) is 154 Å². The monoisotopic (exact) mass is 1470 g/mol. The summed E-state index contributed by atoms with van der Waals surface area (Å²) in [5, 5.41) is 10.6. The van der Waals surface area contributed by atoms with Crippen molar-refractivity contribution in [2.45, 2.75) is 316 Å². The van der Waals surface area contributed by atoms with E-state index in [4.69, 9.17) is 37.0 Å². The molecule has 3 N–H and O–H groups in total. The van der Waals surface area contributed by atoms with E-state index in [1.54, 1.807) is 0 Å². The number of esters is 4. The van der Waals surface area contributed by atoms with Gasteiger partial charge in [0.1, 0.15) is 19.3 Å². The van der Waals surface area contributed by atoms with E-state index in [1.807, 2.05) is 12.2 Å². The second-order valence-corrected chi connectivity index (χ2v) is 28.4. The molecule has 5 unspecified atom stereocenters. The van der Waals surface area contributed by atoms with Gasteiger partial charge in [0.05, 0.1) is 26.4 Å². The maximum Gasteiger partial charge on any atom is 0.472 e. The summed E-state index contributed by atoms with van der Waals surface area (Å²) < 4.78 is 68.5. The van der Waals surface area contributed by atoms with Gasteiger partial charge in [-0.2, -0.15) is 0 Å². The molecule has 582 valence electrons. The molecule has 0 heterocycles. The summed E-state index contributed by atoms with van der Waals surface area (Å²) in [7, 11) is -9.99. The number of hydrogen-bond acceptors (Lipinski definition) is 15. The number of aliphatic hydroxyl groups is 1. The van der Waals surface area contributed by atoms with Gasteiger partial charge in [-0.25, -0.2) is 9.13 Å². The van der Waals surface area contributed by atoms with Crippen molar-refractivity contribution in [3.63, 3.8) is 0 Å². The van der Waals surface area contributed by atoms with Crippen molar-refractivity contribution < 1.29 is 80.2 Å². The third-order valence-corrected chi connectivity index (χ3v) is 17.7. The quantitative estimate of drug-likeness (QED) is 0.0169. The van der Waals surface area contributed by atoms with Crippen molar-refractivity contribution in [3.05, 3.63) is 146 Å². The maximum atomic E-state index is 13.1. The molecule has 0 saturated heterocycles. The Hall–Kier alpha value is -5.06. The van der Waals surface area contributed by atoms with E-state index in [0.29, 0.717) is 38.5 Å². The van der Waals surface area contributed by atoms with Gasteiger partial charge in [0.25, 0.3) is 0 Å². The topological polar surface area (TPSA) is 237 Å². The zero-order valence-electron chi connectivity index (χ0n) is 63.5. The number of rotatable bonds is 72. The lowest BCUT2D eigenvalue weighted by Gasteiger charge is -2.21. The highest BCUT2D eigenvalue weighted by Crippen LogP contribution is 2.45. The fourth-order valence-electron chi connectivity index (χ4n) is 9.97. The Labute approximate surface area is 617 Å². The summed E-state index contributed by atoms with van der Waals surface area (Å²) in [5.74, 6) is -2.30. The van der Waals surface area contributed by atoms with Gasteiger partial charge in [0.2, 0.25) is 0 Å². The van der Waals surface area contributed by atoms with Crippen molar-refractivity contribution in [3.8, 4) is 0 Å². The fourth-order valence-corrected chi connectivity index (χ4v) is 11.5. The smallest absolute Gasteiger partial charge is 0.462 e. The summed E-state index contributed by atoms with van der Waals surface area (Å²) in [6.07, 6.45) is 84.1. The van der Waals surface area contributed by atoms with E-state index in [2.05, 4.69) is 161 Å². The molecule has 19 heteroatoms. The molecule has 0 aromatic rings. The Kier molecular flexibility index (Phi) is 70.5. The third kappa shape index (κ3) is 73.3. The number of allylic oxidation sites excluding steroid dienone is 24. The molecule has 17 nitrogen and oxygen atoms in total. The van der Waals surface area contributed by atoms with Crippen LogP contribution in [0, 0.1) is 0 Å². The van der Waals surface area contributed by atoms with Gasteiger partial charge in [-0.05, 0) is 135 Å². The minimum Gasteiger partial charge on any atom is -0.462 e. The Morgan fingerprint density at radius 3 is 0.843 bits per heavy atom. The molecule has 0 saturated carbocycles. The number of phosphoric acid groups is 2. The highest BCUT2D eigenvalue weighted by Gasteiger charge is 2.30. The standard InChI is InChI=1S/C83H138O17P2/c1-5-9-13-17-21-25-29-33-36-38-41-44-47-51-55-59-63-67-80(85)93-73-78(99-82(87)69-65-61-57-53-49-43-32-28-24-20-16-12-8-4)75-97-101(89,90)95-71-77(84)72-96-102(91,92)98-76-79(100-83(88)70-66-62-58-54-50-46-40-35-31-27-23-19-15-11-7-3)74-94-81(86)68-64-60-56-52-48-45-42-39-37-34-30-26-22-18-14-10-6-2/h9-11,13-15,21-23,25-27,33-37,40-41,44,50-51,54-55,77-79,84H,5-8,12,16-20,24,28-32,38-39,42-43,45-49,52-53,56-76H2,1-4H3,(H,89,90)(H,91,92)/b13-9-,14-10-,15-11-,25-21-,26-22-,27-23-,36-33-,37-34-,40-35-,44-41-,54-50-,55-51-. The molecule has 0 amide bonds. The lowest BCUT2D eigenvalue weighted by Crippen LogP contribution is -2.30. The number of ether oxygens (including phenoxy) is 4. The average molecular weight is 1470 g/mol. The van der Waals surface area contributed by atoms with Crippen molar-refractivity contribution in [2.24, 2.45) is 0 Å². The number of unbranched alkanes of at least 4 members (excludes halogenated alkanes) is 22. The molecule has 0 aliphatic rings. The van der Waals surface area contributed by atoms with Crippen LogP contribution >= 0.6 is 15.6 Å². The molecule has 0 rings (SSSR count). The Morgan fingerprint density at radius 1 is 0.284 bits per heavy atom. The second-order valence-electron chi connectivity index (χ2n) is 25.5. The summed E-state index contributed by atoms with van der Waals surface area (Å²) in [4.78, 5) is 72.9. The normalized spacial score (nSPS) is 14.7. The molecule has 102 heavy (non-hydrogen) atoms. The SMILES string of the molecule is CC/C=C\C/C=C\C/C=C\C/C=C\C/C=C\CCCC(=O)OCC(COP(=O)(O)OCC(O)COP(=O)(O)OCC(COC(=O)CCCCCCCCC/C=C\C/C=C\C/C=C\CC)OC(=O)CCCC/C=C\C/C=C\C/C=C\C/C=C\CC)OC(=O)CCCCCCCCCCCCCCC. The van der Waals surface area contributed by atoms with E-state index in [1.165, 1.54) is 51.4 Å². The van der Waals surface area contributed by atoms with Gasteiger partial charge < -0.3 is 33.8 Å². The van der Waals surface area contributed by atoms with Gasteiger partial charge in [-0.1, -0.05) is 283 Å². The first kappa shape index (κ1) is 96.9. The molecule has 0 bridgehead atoms. The van der Waals surface area contributed by atoms with Crippen LogP contribution in [-0.4, -0.2) is 96.7 Å². The molecular weight excluding hydrogens is 1330 g/mol. The Bertz CT molecular complexity index is 2510. The second kappa shape index (κ2) is 74.2. The summed E-state index contributed by atoms with van der Waals surface area (Å²) in [5.41, 5.74) is 0. The highest BCUT2D eigenvalue weighted by atomic mass is 31.2. The van der Waals surface area contributed by atoms with Gasteiger partial charge in [-0.3, -0.25) is 37.3 Å². The molecule has 0 spiro atoms. The minimum absolute atomic E-state index is 0.0356. The van der Waals surface area contributed by atoms with Crippen LogP contribution < -0.4 is 0 Å². The molecule has 5 atom stereocenters. The zero-order valence-corrected chi connectivity index (χ0v) is 65.3. The van der Waals surface area contributed by atoms with Crippen LogP contribution in [0.3, 0.4) is 0 Å². The molecule has 0 aromatic heterocycles. The van der Waals surface area contributed by atoms with Crippen molar-refractivity contribution in [1.29, 1.82) is 0 Å². The third-order valence-electron chi connectivity index (χ3n) is 15.8. The van der Waals surface area contributed by atoms with Crippen LogP contribution in [0.25, 0.3) is 0 Å². The molecule has 0 radical (unpaired) electrons. The van der Waals surface area contributed by atoms with E-state index < -0.39 is 97.5 Å². The number of hydrogen-bond donors (Lipinski definition) is 3. The molecule has 0 aliphatic heterocycles. The van der Waals surface area contributed by atoms with Crippen LogP contribution in [0.5, 0.6) is 0 Å². The lowest BCUT2D eigenvalue weighted by atomic mass is 10.0. The molecule has 0 aliphatic carbocycles. The Morgan fingerprint density at radius 2 is 0.520 bits per heavy atom. The van der Waals surface area contributed by atoms with Crippen LogP contribution in [0.15, 0.2) is 146 Å². The number of phosphoric ester groups is 2. The van der Waals surface area contributed by atoms with Crippen LogP contribution in [0.2, 0.25) is 0 Å². The Balaban J connectivity index is 5.44. The average Bonchev–Trinajstić information content (AvgIpc) is 0.908. The van der Waals surface area contributed by atoms with Gasteiger partial charge in [-0.15, -0.1) is 0 Å². The first-order valence-electron chi connectivity index (χ1n) is 39.1. The van der Waals surface area contributed by atoms with Gasteiger partial charge >= 0.3 is 39.5 Å².